The SMILES string of the molecule is Cc1cccc(C2(c3cccc(C(C)(C)C)c3)c3cc(C)ccc3-c3ccc(C)cc32)c1. The lowest BCUT2D eigenvalue weighted by Crippen LogP contribution is -2.29. The number of aryl methyl sites for hydroxylation is 3. The molecule has 0 unspecified atom stereocenters. The largest absolute Gasteiger partial charge is 0.0713 e. The Morgan fingerprint density at radius 2 is 1.03 bits per heavy atom. The third-order valence-corrected chi connectivity index (χ3v) is 7.06. The van der Waals surface area contributed by atoms with Crippen LogP contribution in [0.5, 0.6) is 0 Å². The molecular weight excluding hydrogens is 384 g/mol. The van der Waals surface area contributed by atoms with E-state index in [1.165, 1.54) is 55.6 Å². The summed E-state index contributed by atoms with van der Waals surface area (Å²) in [5, 5.41) is 0. The van der Waals surface area contributed by atoms with E-state index in [9.17, 15) is 0 Å². The van der Waals surface area contributed by atoms with Gasteiger partial charge in [0, 0.05) is 0 Å². The summed E-state index contributed by atoms with van der Waals surface area (Å²) < 4.78 is 0. The lowest BCUT2D eigenvalue weighted by atomic mass is 9.66. The molecule has 0 amide bonds. The summed E-state index contributed by atoms with van der Waals surface area (Å²) in [5.41, 5.74) is 13.2. The zero-order valence-corrected chi connectivity index (χ0v) is 20.1. The van der Waals surface area contributed by atoms with E-state index in [2.05, 4.69) is 126 Å². The summed E-state index contributed by atoms with van der Waals surface area (Å²) in [6, 6.07) is 32.4. The van der Waals surface area contributed by atoms with Crippen LogP contribution in [-0.4, -0.2) is 0 Å². The van der Waals surface area contributed by atoms with Gasteiger partial charge < -0.3 is 0 Å². The molecule has 0 aromatic heterocycles. The molecule has 32 heavy (non-hydrogen) atoms. The van der Waals surface area contributed by atoms with E-state index in [0.717, 1.165) is 0 Å². The van der Waals surface area contributed by atoms with Gasteiger partial charge in [-0.3, -0.25) is 0 Å². The maximum atomic E-state index is 2.45. The minimum absolute atomic E-state index is 0.0906. The molecule has 1 aliphatic rings. The van der Waals surface area contributed by atoms with Crippen molar-refractivity contribution in [2.75, 3.05) is 0 Å². The number of hydrogen-bond acceptors (Lipinski definition) is 0. The molecule has 4 aromatic rings. The van der Waals surface area contributed by atoms with E-state index in [0.29, 0.717) is 0 Å². The van der Waals surface area contributed by atoms with Gasteiger partial charge in [0.15, 0.2) is 0 Å². The van der Waals surface area contributed by atoms with Gasteiger partial charge in [0.1, 0.15) is 0 Å². The van der Waals surface area contributed by atoms with Crippen LogP contribution in [-0.2, 0) is 10.8 Å². The van der Waals surface area contributed by atoms with E-state index < -0.39 is 0 Å². The van der Waals surface area contributed by atoms with Crippen LogP contribution in [0.1, 0.15) is 65.3 Å². The summed E-state index contributed by atoms with van der Waals surface area (Å²) in [6.07, 6.45) is 0. The molecule has 0 nitrogen and oxygen atoms in total. The molecular formula is C32H32. The van der Waals surface area contributed by atoms with Gasteiger partial charge in [0.2, 0.25) is 0 Å². The average Bonchev–Trinajstić information content (AvgIpc) is 3.02. The summed E-state index contributed by atoms with van der Waals surface area (Å²) in [7, 11) is 0. The highest BCUT2D eigenvalue weighted by Crippen LogP contribution is 2.56. The van der Waals surface area contributed by atoms with Gasteiger partial charge in [-0.05, 0) is 65.1 Å². The Kier molecular flexibility index (Phi) is 4.67. The van der Waals surface area contributed by atoms with Crippen LogP contribution in [0.3, 0.4) is 0 Å². The van der Waals surface area contributed by atoms with Crippen molar-refractivity contribution in [2.24, 2.45) is 0 Å². The van der Waals surface area contributed by atoms with Crippen molar-refractivity contribution >= 4 is 0 Å². The Bertz CT molecular complexity index is 1280. The van der Waals surface area contributed by atoms with Gasteiger partial charge in [0.25, 0.3) is 0 Å². The Morgan fingerprint density at radius 3 is 1.56 bits per heavy atom. The quantitative estimate of drug-likeness (QED) is 0.272. The highest BCUT2D eigenvalue weighted by Gasteiger charge is 2.46. The van der Waals surface area contributed by atoms with Gasteiger partial charge in [-0.15, -0.1) is 0 Å². The third kappa shape index (κ3) is 3.05. The van der Waals surface area contributed by atoms with Crippen molar-refractivity contribution in [1.29, 1.82) is 0 Å². The first kappa shape index (κ1) is 20.8. The number of fused-ring (bicyclic) bond motifs is 3. The van der Waals surface area contributed by atoms with E-state index in [1.807, 2.05) is 0 Å². The first-order valence-corrected chi connectivity index (χ1v) is 11.6. The molecule has 0 aliphatic heterocycles. The monoisotopic (exact) mass is 416 g/mol. The molecule has 0 spiro atoms. The van der Waals surface area contributed by atoms with Gasteiger partial charge >= 0.3 is 0 Å². The Labute approximate surface area is 193 Å². The number of hydrogen-bond donors (Lipinski definition) is 0. The van der Waals surface area contributed by atoms with E-state index in [-0.39, 0.29) is 10.8 Å². The molecule has 0 radical (unpaired) electrons. The van der Waals surface area contributed by atoms with Crippen LogP contribution in [0.2, 0.25) is 0 Å². The average molecular weight is 417 g/mol. The zero-order valence-electron chi connectivity index (χ0n) is 20.1. The molecule has 0 saturated heterocycles. The molecule has 0 heterocycles. The summed E-state index contributed by atoms with van der Waals surface area (Å²) in [4.78, 5) is 0. The number of rotatable bonds is 2. The van der Waals surface area contributed by atoms with Crippen LogP contribution in [0.15, 0.2) is 84.9 Å². The normalized spacial score (nSPS) is 14.2. The second kappa shape index (κ2) is 7.20. The molecule has 1 aliphatic carbocycles. The molecule has 0 N–H and O–H groups in total. The second-order valence-electron chi connectivity index (χ2n) is 10.5. The zero-order chi connectivity index (χ0) is 22.7. The second-order valence-corrected chi connectivity index (χ2v) is 10.5. The third-order valence-electron chi connectivity index (χ3n) is 7.06. The van der Waals surface area contributed by atoms with Crippen LogP contribution < -0.4 is 0 Å². The van der Waals surface area contributed by atoms with Crippen molar-refractivity contribution in [3.05, 3.63) is 129 Å². The van der Waals surface area contributed by atoms with Crippen LogP contribution in [0.4, 0.5) is 0 Å². The van der Waals surface area contributed by atoms with Crippen LogP contribution >= 0.6 is 0 Å². The highest BCUT2D eigenvalue weighted by molar-refractivity contribution is 5.86. The smallest absolute Gasteiger partial charge is 0.0617 e. The molecule has 5 rings (SSSR count). The van der Waals surface area contributed by atoms with Crippen molar-refractivity contribution in [2.45, 2.75) is 52.4 Å². The van der Waals surface area contributed by atoms with Crippen LogP contribution in [0, 0.1) is 20.8 Å². The van der Waals surface area contributed by atoms with E-state index in [4.69, 9.17) is 0 Å². The Hall–Kier alpha value is -3.12. The Balaban J connectivity index is 1.97. The summed E-state index contributed by atoms with van der Waals surface area (Å²) >= 11 is 0. The van der Waals surface area contributed by atoms with Gasteiger partial charge in [-0.25, -0.2) is 0 Å². The fraction of sp³-hybridized carbons (Fsp3) is 0.250. The lowest BCUT2D eigenvalue weighted by Gasteiger charge is -2.35. The maximum absolute atomic E-state index is 2.45. The van der Waals surface area contributed by atoms with Crippen molar-refractivity contribution < 1.29 is 0 Å². The molecule has 0 saturated carbocycles. The fourth-order valence-corrected chi connectivity index (χ4v) is 5.44. The maximum Gasteiger partial charge on any atom is 0.0713 e. The summed E-state index contributed by atoms with van der Waals surface area (Å²) in [6.45, 7) is 13.5. The van der Waals surface area contributed by atoms with Crippen LogP contribution in [0.25, 0.3) is 11.1 Å². The lowest BCUT2D eigenvalue weighted by molar-refractivity contribution is 0.587. The molecule has 0 heteroatoms. The predicted octanol–water partition coefficient (Wildman–Crippen LogP) is 8.27. The fourth-order valence-electron chi connectivity index (χ4n) is 5.44. The molecule has 160 valence electrons. The van der Waals surface area contributed by atoms with Gasteiger partial charge in [-0.2, -0.15) is 0 Å². The molecule has 0 atom stereocenters. The minimum atomic E-state index is -0.323. The Morgan fingerprint density at radius 1 is 0.531 bits per heavy atom. The van der Waals surface area contributed by atoms with Crippen molar-refractivity contribution in [3.63, 3.8) is 0 Å². The van der Waals surface area contributed by atoms with Crippen molar-refractivity contribution in [3.8, 4) is 11.1 Å². The molecule has 0 fully saturated rings. The number of benzene rings is 4. The molecule has 0 bridgehead atoms. The standard InChI is InChI=1S/C32H32/c1-21-9-7-11-25(17-21)32(26-12-8-10-24(20-26)31(4,5)6)29-18-22(2)13-15-27(29)28-16-14-23(3)19-30(28)32/h7-20H,1-6H3. The summed E-state index contributed by atoms with van der Waals surface area (Å²) in [5.74, 6) is 0. The van der Waals surface area contributed by atoms with E-state index >= 15 is 0 Å². The predicted molar refractivity (Wildman–Crippen MR) is 137 cm³/mol. The first-order chi connectivity index (χ1) is 15.2. The minimum Gasteiger partial charge on any atom is -0.0617 e. The van der Waals surface area contributed by atoms with E-state index in [1.54, 1.807) is 0 Å². The van der Waals surface area contributed by atoms with Gasteiger partial charge in [0.05, 0.1) is 5.41 Å². The van der Waals surface area contributed by atoms with Gasteiger partial charge in [-0.1, -0.05) is 122 Å². The molecule has 4 aromatic carbocycles. The topological polar surface area (TPSA) is 0 Å². The highest BCUT2D eigenvalue weighted by atomic mass is 14.5. The first-order valence-electron chi connectivity index (χ1n) is 11.6. The van der Waals surface area contributed by atoms with Crippen molar-refractivity contribution in [1.82, 2.24) is 0 Å².